The van der Waals surface area contributed by atoms with Crippen LogP contribution in [0.4, 0.5) is 28.8 Å². The van der Waals surface area contributed by atoms with E-state index in [0.29, 0.717) is 55.5 Å². The predicted octanol–water partition coefficient (Wildman–Crippen LogP) is 5.67. The van der Waals surface area contributed by atoms with E-state index in [9.17, 15) is 4.57 Å². The van der Waals surface area contributed by atoms with Crippen molar-refractivity contribution in [2.75, 3.05) is 88.3 Å². The molecule has 3 saturated heterocycles. The standard InChI is InChI=1S/C40H50BrN12O2P/c1-50-25-26(21-46-50)29-17-33(48-39-45-24-30(41)38(49-39)47-32-6-5-31-36(44-10-9-43-31)37(32)56(3,4)54)35(55-2)18-34(29)53-15-13-52(14-16-53)27-19-40(20-27)7-11-51(12-8-40)28-22-42-23-28/h5-6,9-10,17-18,21,24-25,27-28,42H,7-8,11-16,19-20,22-23H2,1-4H3,(H2,45,47,48,49). The number of aryl methyl sites for hydroxylation is 1. The fourth-order valence-corrected chi connectivity index (χ4v) is 10.8. The van der Waals surface area contributed by atoms with Gasteiger partial charge < -0.3 is 30.2 Å². The highest BCUT2D eigenvalue weighted by atomic mass is 79.9. The number of nitrogens with one attached hydrogen (secondary N) is 3. The lowest BCUT2D eigenvalue weighted by molar-refractivity contribution is -0.0546. The molecule has 56 heavy (non-hydrogen) atoms. The fourth-order valence-electron chi connectivity index (χ4n) is 9.15. The molecule has 1 spiro atoms. The van der Waals surface area contributed by atoms with Crippen molar-refractivity contribution in [3.8, 4) is 16.9 Å². The van der Waals surface area contributed by atoms with Gasteiger partial charge >= 0.3 is 0 Å². The third-order valence-corrected chi connectivity index (χ3v) is 14.5. The van der Waals surface area contributed by atoms with Gasteiger partial charge in [-0.15, -0.1) is 0 Å². The first-order valence-electron chi connectivity index (χ1n) is 19.6. The number of benzene rings is 2. The minimum absolute atomic E-state index is 0.370. The Bertz CT molecular complexity index is 2290. The summed E-state index contributed by atoms with van der Waals surface area (Å²) in [5.74, 6) is 1.57. The summed E-state index contributed by atoms with van der Waals surface area (Å²) in [6.07, 6.45) is 14.3. The van der Waals surface area contributed by atoms with E-state index < -0.39 is 7.14 Å². The Kier molecular flexibility index (Phi) is 10.0. The van der Waals surface area contributed by atoms with E-state index in [0.717, 1.165) is 54.7 Å². The maximum atomic E-state index is 13.6. The first-order chi connectivity index (χ1) is 27.1. The second-order valence-corrected chi connectivity index (χ2v) is 20.3. The molecule has 16 heteroatoms. The summed E-state index contributed by atoms with van der Waals surface area (Å²) in [7, 11) is 0.865. The summed E-state index contributed by atoms with van der Waals surface area (Å²) in [5, 5.41) is 15.4. The molecule has 4 aliphatic rings. The van der Waals surface area contributed by atoms with Gasteiger partial charge in [-0.1, -0.05) is 0 Å². The van der Waals surface area contributed by atoms with Crippen molar-refractivity contribution >= 4 is 68.2 Å². The summed E-state index contributed by atoms with van der Waals surface area (Å²) < 4.78 is 22.1. The van der Waals surface area contributed by atoms with Crippen molar-refractivity contribution < 1.29 is 9.30 Å². The van der Waals surface area contributed by atoms with Crippen LogP contribution < -0.4 is 30.9 Å². The second-order valence-electron chi connectivity index (χ2n) is 16.3. The molecule has 6 heterocycles. The van der Waals surface area contributed by atoms with Crippen molar-refractivity contribution in [3.63, 3.8) is 0 Å². The fraction of sp³-hybridized carbons (Fsp3) is 0.475. The molecule has 0 amide bonds. The maximum absolute atomic E-state index is 13.6. The lowest BCUT2D eigenvalue weighted by Gasteiger charge is -2.57. The lowest BCUT2D eigenvalue weighted by atomic mass is 9.59. The Hall–Kier alpha value is -4.14. The molecular weight excluding hydrogens is 791 g/mol. The third-order valence-electron chi connectivity index (χ3n) is 12.4. The molecule has 294 valence electrons. The number of rotatable bonds is 10. The largest absolute Gasteiger partial charge is 0.494 e. The lowest BCUT2D eigenvalue weighted by Crippen LogP contribution is -2.63. The number of piperazine rings is 1. The molecule has 3 aromatic heterocycles. The maximum Gasteiger partial charge on any atom is 0.229 e. The summed E-state index contributed by atoms with van der Waals surface area (Å²) in [6.45, 7) is 12.4. The molecule has 3 aliphatic heterocycles. The van der Waals surface area contributed by atoms with Gasteiger partial charge in [0.2, 0.25) is 5.95 Å². The Morgan fingerprint density at radius 1 is 0.911 bits per heavy atom. The summed E-state index contributed by atoms with van der Waals surface area (Å²) in [5.41, 5.74) is 6.44. The van der Waals surface area contributed by atoms with E-state index >= 15 is 0 Å². The van der Waals surface area contributed by atoms with Gasteiger partial charge in [0.25, 0.3) is 0 Å². The van der Waals surface area contributed by atoms with Crippen LogP contribution in [0.1, 0.15) is 25.7 Å². The Labute approximate surface area is 336 Å². The normalized spacial score (nSPS) is 19.6. The zero-order valence-electron chi connectivity index (χ0n) is 32.5. The van der Waals surface area contributed by atoms with E-state index in [1.807, 2.05) is 30.1 Å². The van der Waals surface area contributed by atoms with Gasteiger partial charge in [-0.25, -0.2) is 4.98 Å². The van der Waals surface area contributed by atoms with Crippen molar-refractivity contribution in [1.29, 1.82) is 0 Å². The summed E-state index contributed by atoms with van der Waals surface area (Å²) >= 11 is 3.62. The van der Waals surface area contributed by atoms with Crippen LogP contribution in [0.25, 0.3) is 22.2 Å². The number of aromatic nitrogens is 6. The number of fused-ring (bicyclic) bond motifs is 1. The number of hydrogen-bond donors (Lipinski definition) is 3. The number of nitrogens with zero attached hydrogens (tertiary/aromatic N) is 9. The van der Waals surface area contributed by atoms with Crippen LogP contribution in [0.5, 0.6) is 5.75 Å². The van der Waals surface area contributed by atoms with Crippen LogP contribution in [-0.4, -0.2) is 124 Å². The molecule has 0 bridgehead atoms. The molecule has 0 radical (unpaired) electrons. The highest BCUT2D eigenvalue weighted by Crippen LogP contribution is 2.51. The third kappa shape index (κ3) is 7.28. The number of halogens is 1. The van der Waals surface area contributed by atoms with E-state index in [1.165, 1.54) is 51.9 Å². The highest BCUT2D eigenvalue weighted by molar-refractivity contribution is 9.10. The Morgan fingerprint density at radius 2 is 1.66 bits per heavy atom. The predicted molar refractivity (Wildman–Crippen MR) is 227 cm³/mol. The van der Waals surface area contributed by atoms with Crippen LogP contribution in [-0.2, 0) is 11.6 Å². The van der Waals surface area contributed by atoms with Gasteiger partial charge in [-0.2, -0.15) is 10.1 Å². The zero-order valence-corrected chi connectivity index (χ0v) is 35.0. The van der Waals surface area contributed by atoms with Gasteiger partial charge in [0.1, 0.15) is 24.2 Å². The number of anilines is 5. The molecule has 0 atom stereocenters. The molecular formula is C40H50BrN12O2P. The number of piperidine rings is 1. The smallest absolute Gasteiger partial charge is 0.229 e. The van der Waals surface area contributed by atoms with Crippen molar-refractivity contribution in [2.45, 2.75) is 37.8 Å². The number of hydrogen-bond acceptors (Lipinski definition) is 13. The number of ether oxygens (including phenoxy) is 1. The average Bonchev–Trinajstić information content (AvgIpc) is 3.60. The van der Waals surface area contributed by atoms with E-state index in [-0.39, 0.29) is 0 Å². The molecule has 1 saturated carbocycles. The van der Waals surface area contributed by atoms with E-state index in [2.05, 4.69) is 85.0 Å². The average molecular weight is 842 g/mol. The summed E-state index contributed by atoms with van der Waals surface area (Å²) in [4.78, 5) is 26.4. The number of likely N-dealkylation sites (tertiary alicyclic amines) is 1. The minimum atomic E-state index is -2.77. The van der Waals surface area contributed by atoms with Gasteiger partial charge in [0, 0.05) is 106 Å². The molecule has 5 aromatic rings. The molecule has 0 unspecified atom stereocenters. The Morgan fingerprint density at radius 3 is 2.34 bits per heavy atom. The molecule has 9 rings (SSSR count). The molecule has 14 nitrogen and oxygen atoms in total. The first kappa shape index (κ1) is 37.4. The monoisotopic (exact) mass is 840 g/mol. The molecule has 4 fully saturated rings. The van der Waals surface area contributed by atoms with Crippen molar-refractivity contribution in [2.24, 2.45) is 12.5 Å². The van der Waals surface area contributed by atoms with Crippen LogP contribution >= 0.6 is 23.1 Å². The van der Waals surface area contributed by atoms with Gasteiger partial charge in [0.15, 0.2) is 0 Å². The van der Waals surface area contributed by atoms with E-state index in [4.69, 9.17) is 9.72 Å². The highest BCUT2D eigenvalue weighted by Gasteiger charge is 2.49. The van der Waals surface area contributed by atoms with Crippen LogP contribution in [0, 0.1) is 5.41 Å². The van der Waals surface area contributed by atoms with Crippen molar-refractivity contribution in [3.05, 3.63) is 59.7 Å². The Balaban J connectivity index is 0.933. The second kappa shape index (κ2) is 15.0. The SMILES string of the molecule is COc1cc(N2CCN(C3CC4(CCN(C5CNC5)CC4)C3)CC2)c(-c2cnn(C)c2)cc1Nc1ncc(Br)c(Nc2ccc3nccnc3c2P(C)(C)=O)n1. The topological polar surface area (TPSA) is 141 Å². The summed E-state index contributed by atoms with van der Waals surface area (Å²) in [6, 6.07) is 9.45. The minimum Gasteiger partial charge on any atom is -0.494 e. The first-order valence-corrected chi connectivity index (χ1v) is 23.0. The molecule has 1 aliphatic carbocycles. The van der Waals surface area contributed by atoms with Crippen LogP contribution in [0.2, 0.25) is 0 Å². The van der Waals surface area contributed by atoms with Gasteiger partial charge in [-0.05, 0) is 91.6 Å². The van der Waals surface area contributed by atoms with Gasteiger partial charge in [0.05, 0.1) is 40.0 Å². The van der Waals surface area contributed by atoms with Crippen LogP contribution in [0.3, 0.4) is 0 Å². The molecule has 2 aromatic carbocycles. The quantitative estimate of drug-likeness (QED) is 0.149. The van der Waals surface area contributed by atoms with E-state index in [1.54, 1.807) is 39.0 Å². The van der Waals surface area contributed by atoms with Crippen molar-refractivity contribution in [1.82, 2.24) is 44.8 Å². The van der Waals surface area contributed by atoms with Crippen LogP contribution in [0.15, 0.2) is 59.7 Å². The number of methoxy groups -OCH3 is 1. The molecule has 3 N–H and O–H groups in total. The zero-order chi connectivity index (χ0) is 38.6. The van der Waals surface area contributed by atoms with Gasteiger partial charge in [-0.3, -0.25) is 24.4 Å².